The fourth-order valence-corrected chi connectivity index (χ4v) is 2.08. The Morgan fingerprint density at radius 1 is 1.30 bits per heavy atom. The molecule has 0 unspecified atom stereocenters. The molecule has 0 amide bonds. The van der Waals surface area contributed by atoms with Gasteiger partial charge in [-0.25, -0.2) is 4.39 Å². The Labute approximate surface area is 134 Å². The standard InChI is InChI=1S/C19H19FO3/c1-12(2)15(11-19(21)22-4)10-17-13(3)9-18(23-17)14-5-7-16(20)8-6-14/h5-10H,3,11H2,1-2,4H3/b17-10+. The van der Waals surface area contributed by atoms with Crippen molar-refractivity contribution in [2.75, 3.05) is 7.11 Å². The van der Waals surface area contributed by atoms with Gasteiger partial charge in [-0.05, 0) is 55.8 Å². The summed E-state index contributed by atoms with van der Waals surface area (Å²) in [4.78, 5) is 11.5. The molecule has 0 fully saturated rings. The van der Waals surface area contributed by atoms with Crippen LogP contribution in [0.5, 0.6) is 0 Å². The van der Waals surface area contributed by atoms with E-state index in [1.807, 2.05) is 13.8 Å². The largest absolute Gasteiger partial charge is 0.469 e. The van der Waals surface area contributed by atoms with Crippen LogP contribution in [0.25, 0.3) is 24.0 Å². The first kappa shape index (κ1) is 16.7. The van der Waals surface area contributed by atoms with E-state index < -0.39 is 0 Å². The van der Waals surface area contributed by atoms with E-state index in [-0.39, 0.29) is 18.2 Å². The maximum Gasteiger partial charge on any atom is 0.309 e. The summed E-state index contributed by atoms with van der Waals surface area (Å²) in [5, 5.41) is 0.702. The van der Waals surface area contributed by atoms with Gasteiger partial charge in [0, 0.05) is 10.8 Å². The quantitative estimate of drug-likeness (QED) is 0.814. The molecule has 0 aliphatic carbocycles. The molecule has 0 atom stereocenters. The van der Waals surface area contributed by atoms with Crippen LogP contribution in [0, 0.1) is 5.82 Å². The van der Waals surface area contributed by atoms with E-state index in [0.29, 0.717) is 16.4 Å². The minimum absolute atomic E-state index is 0.171. The number of carbonyl (C=O) groups is 1. The number of carbonyl (C=O) groups excluding carboxylic acids is 1. The molecule has 0 N–H and O–H groups in total. The number of hydrogen-bond acceptors (Lipinski definition) is 3. The SMILES string of the molecule is C=c1cc(-c2ccc(F)cc2)o/c1=C/C(CC(=O)OC)=C(C)C. The highest BCUT2D eigenvalue weighted by atomic mass is 19.1. The fraction of sp³-hybridized carbons (Fsp3) is 0.211. The van der Waals surface area contributed by atoms with Crippen LogP contribution in [-0.2, 0) is 9.53 Å². The van der Waals surface area contributed by atoms with Gasteiger partial charge in [-0.15, -0.1) is 0 Å². The van der Waals surface area contributed by atoms with Gasteiger partial charge in [-0.3, -0.25) is 4.79 Å². The van der Waals surface area contributed by atoms with Crippen molar-refractivity contribution in [3.05, 3.63) is 57.9 Å². The molecule has 1 heterocycles. The van der Waals surface area contributed by atoms with E-state index in [0.717, 1.165) is 16.7 Å². The number of furan rings is 1. The van der Waals surface area contributed by atoms with Crippen LogP contribution in [0.15, 0.2) is 45.9 Å². The van der Waals surface area contributed by atoms with Crippen molar-refractivity contribution in [1.82, 2.24) is 0 Å². The van der Waals surface area contributed by atoms with Crippen LogP contribution in [0.3, 0.4) is 0 Å². The van der Waals surface area contributed by atoms with E-state index in [9.17, 15) is 9.18 Å². The van der Waals surface area contributed by atoms with E-state index in [1.54, 1.807) is 24.3 Å². The Hall–Kier alpha value is -2.62. The van der Waals surface area contributed by atoms with Crippen molar-refractivity contribution in [2.45, 2.75) is 20.3 Å². The lowest BCUT2D eigenvalue weighted by Gasteiger charge is -2.02. The molecule has 4 heteroatoms. The summed E-state index contributed by atoms with van der Waals surface area (Å²) in [7, 11) is 1.36. The zero-order valence-electron chi connectivity index (χ0n) is 13.5. The van der Waals surface area contributed by atoms with E-state index in [4.69, 9.17) is 9.15 Å². The van der Waals surface area contributed by atoms with Crippen LogP contribution < -0.4 is 10.6 Å². The average molecular weight is 314 g/mol. The first-order chi connectivity index (χ1) is 10.9. The summed E-state index contributed by atoms with van der Waals surface area (Å²) < 4.78 is 23.5. The van der Waals surface area contributed by atoms with Crippen molar-refractivity contribution < 1.29 is 18.3 Å². The normalized spacial score (nSPS) is 11.4. The molecule has 1 aromatic heterocycles. The van der Waals surface area contributed by atoms with Gasteiger partial charge in [0.1, 0.15) is 17.0 Å². The molecule has 1 aromatic carbocycles. The first-order valence-electron chi connectivity index (χ1n) is 7.20. The lowest BCUT2D eigenvalue weighted by molar-refractivity contribution is -0.139. The van der Waals surface area contributed by atoms with E-state index >= 15 is 0 Å². The molecule has 3 nitrogen and oxygen atoms in total. The lowest BCUT2D eigenvalue weighted by atomic mass is 10.1. The Balaban J connectivity index is 2.44. The highest BCUT2D eigenvalue weighted by molar-refractivity contribution is 5.76. The number of halogens is 1. The van der Waals surface area contributed by atoms with Gasteiger partial charge < -0.3 is 9.15 Å². The van der Waals surface area contributed by atoms with Gasteiger partial charge in [0.05, 0.1) is 13.5 Å². The molecule has 0 radical (unpaired) electrons. The summed E-state index contributed by atoms with van der Waals surface area (Å²) in [6.07, 6.45) is 1.96. The third kappa shape index (κ3) is 4.19. The monoisotopic (exact) mass is 314 g/mol. The van der Waals surface area contributed by atoms with Gasteiger partial charge in [0.2, 0.25) is 0 Å². The number of allylic oxidation sites excluding steroid dienone is 1. The van der Waals surface area contributed by atoms with Crippen LogP contribution in [-0.4, -0.2) is 13.1 Å². The summed E-state index contributed by atoms with van der Waals surface area (Å²) in [6, 6.07) is 7.84. The summed E-state index contributed by atoms with van der Waals surface area (Å²) in [6.45, 7) is 7.79. The summed E-state index contributed by atoms with van der Waals surface area (Å²) in [5.74, 6) is -0.00681. The van der Waals surface area contributed by atoms with Gasteiger partial charge in [0.25, 0.3) is 0 Å². The molecule has 0 aliphatic rings. The second kappa shape index (κ2) is 7.09. The first-order valence-corrected chi connectivity index (χ1v) is 7.20. The predicted molar refractivity (Wildman–Crippen MR) is 88.3 cm³/mol. The Morgan fingerprint density at radius 3 is 2.52 bits per heavy atom. The Bertz CT molecular complexity index is 838. The van der Waals surface area contributed by atoms with Crippen molar-refractivity contribution in [3.8, 4) is 11.3 Å². The highest BCUT2D eigenvalue weighted by Gasteiger charge is 2.08. The molecule has 23 heavy (non-hydrogen) atoms. The van der Waals surface area contributed by atoms with Gasteiger partial charge in [-0.1, -0.05) is 12.2 Å². The second-order valence-electron chi connectivity index (χ2n) is 5.43. The Kier molecular flexibility index (Phi) is 5.16. The molecule has 0 saturated heterocycles. The zero-order valence-corrected chi connectivity index (χ0v) is 13.5. The minimum Gasteiger partial charge on any atom is -0.469 e. The predicted octanol–water partition coefficient (Wildman–Crippen LogP) is 3.18. The molecular formula is C19H19FO3. The zero-order chi connectivity index (χ0) is 17.0. The number of benzene rings is 1. The molecule has 2 aromatic rings. The maximum atomic E-state index is 13.0. The van der Waals surface area contributed by atoms with Crippen molar-refractivity contribution in [1.29, 1.82) is 0 Å². The third-order valence-corrected chi connectivity index (χ3v) is 3.48. The van der Waals surface area contributed by atoms with Gasteiger partial charge >= 0.3 is 5.97 Å². The number of esters is 1. The van der Waals surface area contributed by atoms with Crippen molar-refractivity contribution >= 4 is 18.6 Å². The van der Waals surface area contributed by atoms with Crippen LogP contribution >= 0.6 is 0 Å². The van der Waals surface area contributed by atoms with Crippen LogP contribution in [0.2, 0.25) is 0 Å². The topological polar surface area (TPSA) is 39.4 Å². The molecule has 0 bridgehead atoms. The van der Waals surface area contributed by atoms with Gasteiger partial charge in [0.15, 0.2) is 0 Å². The number of rotatable bonds is 4. The molecule has 0 aliphatic heterocycles. The smallest absolute Gasteiger partial charge is 0.309 e. The number of ether oxygens (including phenoxy) is 1. The van der Waals surface area contributed by atoms with Crippen molar-refractivity contribution in [2.24, 2.45) is 0 Å². The second-order valence-corrected chi connectivity index (χ2v) is 5.43. The van der Waals surface area contributed by atoms with Gasteiger partial charge in [-0.2, -0.15) is 0 Å². The fourth-order valence-electron chi connectivity index (χ4n) is 2.08. The molecule has 0 saturated carbocycles. The molecule has 2 rings (SSSR count). The van der Waals surface area contributed by atoms with Crippen LogP contribution in [0.1, 0.15) is 20.3 Å². The number of hydrogen-bond donors (Lipinski definition) is 0. The third-order valence-electron chi connectivity index (χ3n) is 3.48. The molecule has 120 valence electrons. The minimum atomic E-state index is -0.312. The van der Waals surface area contributed by atoms with E-state index in [2.05, 4.69) is 6.58 Å². The van der Waals surface area contributed by atoms with Crippen molar-refractivity contribution in [3.63, 3.8) is 0 Å². The molecular weight excluding hydrogens is 295 g/mol. The highest BCUT2D eigenvalue weighted by Crippen LogP contribution is 2.17. The maximum absolute atomic E-state index is 13.0. The van der Waals surface area contributed by atoms with E-state index in [1.165, 1.54) is 19.2 Å². The summed E-state index contributed by atoms with van der Waals surface area (Å²) in [5.41, 5.74) is 3.16. The summed E-state index contributed by atoms with van der Waals surface area (Å²) >= 11 is 0. The molecule has 0 spiro atoms. The lowest BCUT2D eigenvalue weighted by Crippen LogP contribution is -2.18. The number of methoxy groups -OCH3 is 1. The Morgan fingerprint density at radius 2 is 1.96 bits per heavy atom. The van der Waals surface area contributed by atoms with Crippen LogP contribution in [0.4, 0.5) is 4.39 Å². The average Bonchev–Trinajstić information content (AvgIpc) is 2.88.